The fourth-order valence-electron chi connectivity index (χ4n) is 1.11. The van der Waals surface area contributed by atoms with E-state index in [4.69, 9.17) is 0 Å². The third-order valence-corrected chi connectivity index (χ3v) is 3.35. The highest BCUT2D eigenvalue weighted by atomic mass is 32.2. The lowest BCUT2D eigenvalue weighted by molar-refractivity contribution is 0.494. The van der Waals surface area contributed by atoms with Crippen LogP contribution in [-0.4, -0.2) is 33.0 Å². The molecule has 1 fully saturated rings. The first-order valence-electron chi connectivity index (χ1n) is 3.27. The molecule has 0 amide bonds. The summed E-state index contributed by atoms with van der Waals surface area (Å²) in [7, 11) is -0.979. The van der Waals surface area contributed by atoms with E-state index in [0.717, 1.165) is 6.42 Å². The Kier molecular flexibility index (Phi) is 2.28. The van der Waals surface area contributed by atoms with Crippen molar-refractivity contribution in [1.29, 1.82) is 0 Å². The highest BCUT2D eigenvalue weighted by molar-refractivity contribution is 7.91. The highest BCUT2D eigenvalue weighted by Crippen LogP contribution is 2.09. The fourth-order valence-corrected chi connectivity index (χ4v) is 2.79. The van der Waals surface area contributed by atoms with Gasteiger partial charge in [0.15, 0.2) is 9.84 Å². The van der Waals surface area contributed by atoms with Gasteiger partial charge >= 0.3 is 0 Å². The zero-order valence-corrected chi connectivity index (χ0v) is 6.74. The van der Waals surface area contributed by atoms with Gasteiger partial charge in [-0.2, -0.15) is 0 Å². The van der Waals surface area contributed by atoms with Crippen molar-refractivity contribution in [3.63, 3.8) is 0 Å². The molecule has 10 heavy (non-hydrogen) atoms. The average Bonchev–Trinajstić information content (AvgIpc) is 2.12. The highest BCUT2D eigenvalue weighted by Gasteiger charge is 2.26. The smallest absolute Gasteiger partial charge is 0.151 e. The number of hydrogen-bond acceptors (Lipinski definition) is 4. The summed E-state index contributed by atoms with van der Waals surface area (Å²) in [6.07, 6.45) is 0.725. The van der Waals surface area contributed by atoms with E-state index >= 15 is 0 Å². The van der Waals surface area contributed by atoms with E-state index in [1.54, 1.807) is 7.05 Å². The van der Waals surface area contributed by atoms with E-state index < -0.39 is 9.84 Å². The standard InChI is InChI=1S/C5H12N2O2S/c1-6-7-5-2-3-10(8,9)4-5/h5-7H,2-4H2,1H3. The van der Waals surface area contributed by atoms with Gasteiger partial charge in [0.2, 0.25) is 0 Å². The van der Waals surface area contributed by atoms with Crippen molar-refractivity contribution in [3.8, 4) is 0 Å². The second-order valence-corrected chi connectivity index (χ2v) is 4.72. The summed E-state index contributed by atoms with van der Waals surface area (Å²) in [6, 6.07) is 0.106. The minimum Gasteiger partial charge on any atom is -0.261 e. The molecule has 0 bridgehead atoms. The van der Waals surface area contributed by atoms with E-state index in [1.807, 2.05) is 0 Å². The third-order valence-electron chi connectivity index (χ3n) is 1.58. The molecule has 4 nitrogen and oxygen atoms in total. The van der Waals surface area contributed by atoms with Crippen LogP contribution in [-0.2, 0) is 9.84 Å². The van der Waals surface area contributed by atoms with Crippen molar-refractivity contribution in [2.75, 3.05) is 18.6 Å². The number of hydrazine groups is 1. The van der Waals surface area contributed by atoms with Gasteiger partial charge in [-0.15, -0.1) is 0 Å². The molecule has 0 aromatic rings. The molecule has 0 radical (unpaired) electrons. The molecule has 1 atom stereocenters. The maximum atomic E-state index is 10.8. The Labute approximate surface area is 60.9 Å². The first-order chi connectivity index (χ1) is 4.64. The molecule has 1 saturated heterocycles. The molecule has 1 heterocycles. The second kappa shape index (κ2) is 2.86. The van der Waals surface area contributed by atoms with Crippen LogP contribution in [0, 0.1) is 0 Å². The Bertz CT molecular complexity index is 200. The molecule has 0 aromatic heterocycles. The van der Waals surface area contributed by atoms with Crippen molar-refractivity contribution in [2.24, 2.45) is 0 Å². The predicted octanol–water partition coefficient (Wildman–Crippen LogP) is -1.10. The maximum absolute atomic E-state index is 10.8. The van der Waals surface area contributed by atoms with Crippen LogP contribution in [0.15, 0.2) is 0 Å². The second-order valence-electron chi connectivity index (χ2n) is 2.49. The minimum absolute atomic E-state index is 0.106. The Morgan fingerprint density at radius 2 is 2.20 bits per heavy atom. The van der Waals surface area contributed by atoms with Gasteiger partial charge in [-0.05, 0) is 13.5 Å². The molecule has 0 saturated carbocycles. The summed E-state index contributed by atoms with van der Waals surface area (Å²) in [5.74, 6) is 0.597. The van der Waals surface area contributed by atoms with Crippen molar-refractivity contribution >= 4 is 9.84 Å². The summed E-state index contributed by atoms with van der Waals surface area (Å²) in [6.45, 7) is 0. The fraction of sp³-hybridized carbons (Fsp3) is 1.00. The number of sulfone groups is 1. The quantitative estimate of drug-likeness (QED) is 0.508. The Morgan fingerprint density at radius 1 is 1.50 bits per heavy atom. The topological polar surface area (TPSA) is 58.2 Å². The van der Waals surface area contributed by atoms with Gasteiger partial charge in [0, 0.05) is 6.04 Å². The van der Waals surface area contributed by atoms with Crippen LogP contribution in [0.25, 0.3) is 0 Å². The molecule has 2 N–H and O–H groups in total. The summed E-state index contributed by atoms with van der Waals surface area (Å²) in [5, 5.41) is 0. The molecule has 0 aliphatic carbocycles. The lowest BCUT2D eigenvalue weighted by Gasteiger charge is -2.06. The Balaban J connectivity index is 2.44. The monoisotopic (exact) mass is 164 g/mol. The van der Waals surface area contributed by atoms with E-state index in [-0.39, 0.29) is 11.8 Å². The zero-order valence-electron chi connectivity index (χ0n) is 5.92. The van der Waals surface area contributed by atoms with Gasteiger partial charge in [0.05, 0.1) is 11.5 Å². The molecular weight excluding hydrogens is 152 g/mol. The van der Waals surface area contributed by atoms with E-state index in [0.29, 0.717) is 5.75 Å². The zero-order chi connectivity index (χ0) is 7.61. The number of rotatable bonds is 2. The molecule has 5 heteroatoms. The normalized spacial score (nSPS) is 30.7. The van der Waals surface area contributed by atoms with Crippen LogP contribution in [0.5, 0.6) is 0 Å². The molecule has 0 aromatic carbocycles. The van der Waals surface area contributed by atoms with Crippen LogP contribution in [0.1, 0.15) is 6.42 Å². The Hall–Kier alpha value is -0.130. The lowest BCUT2D eigenvalue weighted by Crippen LogP contribution is -2.38. The first kappa shape index (κ1) is 7.97. The van der Waals surface area contributed by atoms with Gasteiger partial charge in [-0.3, -0.25) is 10.9 Å². The molecule has 60 valence electrons. The average molecular weight is 164 g/mol. The third kappa shape index (κ3) is 1.93. The van der Waals surface area contributed by atoms with Crippen LogP contribution < -0.4 is 10.9 Å². The number of nitrogens with one attached hydrogen (secondary N) is 2. The van der Waals surface area contributed by atoms with Gasteiger partial charge in [-0.25, -0.2) is 8.42 Å². The maximum Gasteiger partial charge on any atom is 0.151 e. The molecule has 1 rings (SSSR count). The van der Waals surface area contributed by atoms with Gasteiger partial charge in [0.25, 0.3) is 0 Å². The van der Waals surface area contributed by atoms with Crippen LogP contribution in [0.2, 0.25) is 0 Å². The first-order valence-corrected chi connectivity index (χ1v) is 5.09. The summed E-state index contributed by atoms with van der Waals surface area (Å²) in [4.78, 5) is 0. The molecule has 1 aliphatic heterocycles. The van der Waals surface area contributed by atoms with Crippen LogP contribution >= 0.6 is 0 Å². The summed E-state index contributed by atoms with van der Waals surface area (Å²) >= 11 is 0. The summed E-state index contributed by atoms with van der Waals surface area (Å²) < 4.78 is 21.7. The van der Waals surface area contributed by atoms with Crippen LogP contribution in [0.3, 0.4) is 0 Å². The number of hydrogen-bond donors (Lipinski definition) is 2. The van der Waals surface area contributed by atoms with Crippen molar-refractivity contribution in [3.05, 3.63) is 0 Å². The van der Waals surface area contributed by atoms with E-state index in [1.165, 1.54) is 0 Å². The summed E-state index contributed by atoms with van der Waals surface area (Å²) in [5.41, 5.74) is 5.60. The van der Waals surface area contributed by atoms with Gasteiger partial charge in [-0.1, -0.05) is 0 Å². The molecule has 0 spiro atoms. The lowest BCUT2D eigenvalue weighted by atomic mass is 10.3. The molecule has 1 aliphatic rings. The van der Waals surface area contributed by atoms with E-state index in [2.05, 4.69) is 10.9 Å². The molecule has 1 unspecified atom stereocenters. The van der Waals surface area contributed by atoms with Gasteiger partial charge in [0.1, 0.15) is 0 Å². The van der Waals surface area contributed by atoms with Crippen LogP contribution in [0.4, 0.5) is 0 Å². The van der Waals surface area contributed by atoms with Gasteiger partial charge < -0.3 is 0 Å². The van der Waals surface area contributed by atoms with Crippen molar-refractivity contribution < 1.29 is 8.42 Å². The van der Waals surface area contributed by atoms with Crippen molar-refractivity contribution in [1.82, 2.24) is 10.9 Å². The molecular formula is C5H12N2O2S. The van der Waals surface area contributed by atoms with Crippen molar-refractivity contribution in [2.45, 2.75) is 12.5 Å². The predicted molar refractivity (Wildman–Crippen MR) is 39.3 cm³/mol. The Morgan fingerprint density at radius 3 is 2.60 bits per heavy atom. The largest absolute Gasteiger partial charge is 0.261 e. The van der Waals surface area contributed by atoms with E-state index in [9.17, 15) is 8.42 Å². The SMILES string of the molecule is CNNC1CCS(=O)(=O)C1. The minimum atomic E-state index is -2.72.